The van der Waals surface area contributed by atoms with Gasteiger partial charge in [0.05, 0.1) is 97.0 Å². The predicted molar refractivity (Wildman–Crippen MR) is 340 cm³/mol. The SMILES string of the molecule is CCN[C@H]1CO[C@@H](O[C@H]2[C@H](O[C@H]3C#C/C=C\C#C[C@]4(O)CC(=O)C(NC(=O)OC)=C3/C4=C\CSSC3CCN(C)CC3)O[C@H](C)[C@@H](NO[C@H]3C[C@H](O)[C@H]([SH]=C(O)c4c(C)c(I)c(O[C@@H]5O[C@@H](C)[C@H](O)[C@@H](OC)[C@H]5O)c(OC)c4OC)[C@@H](C)O3)[C@@H]2O)C[C@@H]1OC. The second kappa shape index (κ2) is 32.8. The van der Waals surface area contributed by atoms with Crippen LogP contribution < -0.4 is 30.3 Å². The summed E-state index contributed by atoms with van der Waals surface area (Å²) in [5, 5.41) is 76.1. The molecule has 2 aliphatic carbocycles. The monoisotopic (exact) mass is 1420 g/mol. The summed E-state index contributed by atoms with van der Waals surface area (Å²) >= 11 is 2.29. The predicted octanol–water partition coefficient (Wildman–Crippen LogP) is 2.64. The van der Waals surface area contributed by atoms with Gasteiger partial charge in [-0.2, -0.15) is 16.8 Å². The van der Waals surface area contributed by atoms with Crippen LogP contribution in [-0.4, -0.2) is 248 Å². The fourth-order valence-electron chi connectivity index (χ4n) is 11.7. The zero-order chi connectivity index (χ0) is 64.4. The molecule has 1 amide bonds. The van der Waals surface area contributed by atoms with Crippen molar-refractivity contribution in [2.75, 3.05) is 74.6 Å². The van der Waals surface area contributed by atoms with E-state index >= 15 is 0 Å². The number of ether oxygens (including phenoxy) is 12. The van der Waals surface area contributed by atoms with Crippen molar-refractivity contribution in [1.82, 2.24) is 21.0 Å². The van der Waals surface area contributed by atoms with Gasteiger partial charge in [0.25, 0.3) is 0 Å². The first-order valence-corrected chi connectivity index (χ1v) is 33.9. The molecule has 0 radical (unpaired) electrons. The Balaban J connectivity index is 1.04. The lowest BCUT2D eigenvalue weighted by molar-refractivity contribution is -0.336. The lowest BCUT2D eigenvalue weighted by Gasteiger charge is -2.46. The van der Waals surface area contributed by atoms with Gasteiger partial charge in [0.15, 0.2) is 41.8 Å². The molecule has 5 fully saturated rings. The van der Waals surface area contributed by atoms with E-state index < -0.39 is 121 Å². The lowest BCUT2D eigenvalue weighted by Crippen LogP contribution is -2.65. The van der Waals surface area contributed by atoms with Crippen LogP contribution in [0.3, 0.4) is 0 Å². The summed E-state index contributed by atoms with van der Waals surface area (Å²) in [5.74, 6) is 11.7. The Hall–Kier alpha value is -3.17. The number of hydrogen-bond acceptors (Lipinski definition) is 25. The van der Waals surface area contributed by atoms with E-state index in [4.69, 9.17) is 61.7 Å². The van der Waals surface area contributed by atoms with E-state index in [-0.39, 0.29) is 87.7 Å². The molecule has 5 saturated heterocycles. The number of benzene rings is 1. The van der Waals surface area contributed by atoms with Crippen LogP contribution in [-0.2, 0) is 52.3 Å². The molecule has 5 heterocycles. The molecule has 25 nitrogen and oxygen atoms in total. The average Bonchev–Trinajstić information content (AvgIpc) is 0.962. The fraction of sp³-hybridized carbons (Fsp3) is 0.683. The van der Waals surface area contributed by atoms with Crippen molar-refractivity contribution in [1.29, 1.82) is 0 Å². The zero-order valence-electron chi connectivity index (χ0n) is 51.7. The van der Waals surface area contributed by atoms with Gasteiger partial charge >= 0.3 is 6.09 Å². The summed E-state index contributed by atoms with van der Waals surface area (Å²) in [6.45, 7) is 11.5. The number of allylic oxidation sites excluding steroid dienone is 3. The largest absolute Gasteiger partial charge is 0.492 e. The van der Waals surface area contributed by atoms with Gasteiger partial charge in [-0.1, -0.05) is 58.3 Å². The number of methoxy groups -OCH3 is 5. The number of amides is 1. The van der Waals surface area contributed by atoms with Crippen LogP contribution in [0, 0.1) is 34.2 Å². The smallest absolute Gasteiger partial charge is 0.411 e. The van der Waals surface area contributed by atoms with Crippen molar-refractivity contribution in [2.45, 2.75) is 187 Å². The number of nitrogens with one attached hydrogen (secondary N) is 3. The third-order valence-electron chi connectivity index (χ3n) is 16.6. The van der Waals surface area contributed by atoms with Crippen molar-refractivity contribution < 1.29 is 102 Å². The number of hydroxylamine groups is 1. The van der Waals surface area contributed by atoms with Crippen LogP contribution >= 0.6 is 55.5 Å². The number of ketones is 1. The zero-order valence-corrected chi connectivity index (χ0v) is 56.4. The molecular weight excluding hydrogens is 1340 g/mol. The van der Waals surface area contributed by atoms with E-state index in [1.165, 1.54) is 33.5 Å². The number of fused-ring (bicyclic) bond motifs is 2. The Morgan fingerprint density at radius 1 is 0.899 bits per heavy atom. The number of alkyl carbamates (subject to hydrolysis) is 1. The van der Waals surface area contributed by atoms with Gasteiger partial charge in [-0.3, -0.25) is 14.9 Å². The van der Waals surface area contributed by atoms with Crippen molar-refractivity contribution in [3.8, 4) is 40.9 Å². The van der Waals surface area contributed by atoms with E-state index in [0.717, 1.165) is 33.0 Å². The van der Waals surface area contributed by atoms with Crippen molar-refractivity contribution in [2.24, 2.45) is 0 Å². The summed E-state index contributed by atoms with van der Waals surface area (Å²) < 4.78 is 73.2. The number of likely N-dealkylation sites (tertiary alicyclic amines) is 1. The number of carbonyl (C=O) groups is 2. The van der Waals surface area contributed by atoms with Gasteiger partial charge in [-0.15, -0.1) is 0 Å². The molecule has 29 heteroatoms. The van der Waals surface area contributed by atoms with Crippen LogP contribution in [0.2, 0.25) is 0 Å². The highest BCUT2D eigenvalue weighted by atomic mass is 127. The number of likely N-dealkylation sites (N-methyl/N-ethyl adjacent to an activating group) is 1. The van der Waals surface area contributed by atoms with Crippen LogP contribution in [0.15, 0.2) is 35.1 Å². The number of halogens is 1. The quantitative estimate of drug-likeness (QED) is 0.0152. The molecule has 1 aromatic rings. The van der Waals surface area contributed by atoms with E-state index in [0.29, 0.717) is 26.7 Å². The van der Waals surface area contributed by atoms with E-state index in [1.54, 1.807) is 62.5 Å². The molecular formula is C60H85IN4O21S3. The van der Waals surface area contributed by atoms with Gasteiger partial charge < -0.3 is 97.7 Å². The van der Waals surface area contributed by atoms with Crippen molar-refractivity contribution >= 4 is 72.5 Å². The van der Waals surface area contributed by atoms with E-state index in [1.807, 2.05) is 29.5 Å². The minimum Gasteiger partial charge on any atom is -0.492 e. The number of piperidine rings is 1. The average molecular weight is 1420 g/mol. The number of nitrogens with zero attached hydrogens (tertiary/aromatic N) is 1. The summed E-state index contributed by atoms with van der Waals surface area (Å²) in [5.41, 5.74) is 1.62. The minimum atomic E-state index is -2.06. The molecule has 496 valence electrons. The Labute approximate surface area is 544 Å². The van der Waals surface area contributed by atoms with Crippen molar-refractivity contribution in [3.63, 3.8) is 0 Å². The summed E-state index contributed by atoms with van der Waals surface area (Å²) in [6.07, 6.45) is -11.3. The number of aliphatic hydroxyl groups excluding tert-OH is 5. The molecule has 0 spiro atoms. The number of rotatable bonds is 22. The Kier molecular flexibility index (Phi) is 26.4. The second-order valence-electron chi connectivity index (χ2n) is 22.5. The first-order chi connectivity index (χ1) is 42.6. The number of carbonyl (C=O) groups excluding carboxylic acids is 2. The van der Waals surface area contributed by atoms with Crippen molar-refractivity contribution in [3.05, 3.63) is 49.8 Å². The summed E-state index contributed by atoms with van der Waals surface area (Å²) in [7, 11) is 12.3. The highest BCUT2D eigenvalue weighted by Crippen LogP contribution is 2.48. The molecule has 5 aliphatic heterocycles. The summed E-state index contributed by atoms with van der Waals surface area (Å²) in [6, 6.07) is -1.25. The van der Waals surface area contributed by atoms with Gasteiger partial charge in [-0.25, -0.2) is 4.79 Å². The number of hydrogen-bond donors (Lipinski definition) is 10. The minimum absolute atomic E-state index is 0.00819. The van der Waals surface area contributed by atoms with Crippen LogP contribution in [0.5, 0.6) is 17.2 Å². The maximum absolute atomic E-state index is 14.3. The van der Waals surface area contributed by atoms with Gasteiger partial charge in [0.1, 0.15) is 41.7 Å². The molecule has 7 aliphatic rings. The van der Waals surface area contributed by atoms with E-state index in [2.05, 4.69) is 51.7 Å². The highest BCUT2D eigenvalue weighted by molar-refractivity contribution is 14.1. The summed E-state index contributed by atoms with van der Waals surface area (Å²) in [4.78, 5) is 35.8. The topological polar surface area (TPSA) is 315 Å². The third kappa shape index (κ3) is 16.9. The first-order valence-electron chi connectivity index (χ1n) is 29.5. The maximum Gasteiger partial charge on any atom is 0.411 e. The second-order valence-corrected chi connectivity index (χ2v) is 27.6. The van der Waals surface area contributed by atoms with Gasteiger partial charge in [0, 0.05) is 49.2 Å². The standard InChI is InChI=1S/C60H85IN4O21S3/c1-12-62-35-28-79-40(26-39(35)74-7)84-53-48(69)45(30(3)81-58(53)83-38-17-15-13-14-16-21-60(73)27-37(67)46(63-59(72)78-11)43(38)34(60)20-24-87-89-33-18-22-65(6)23-19-33)64-86-41-25-36(66)55(32(5)80-41)88-56(71)42-29(2)44(61)51(54(77-10)50(42)75-8)85-57-49(70)52(76-9)47(68)31(4)82-57/h13-14,20,30-33,35-36,38-41,45,47-49,52-53,55,57-58,62,64,66,68-71,73,88H,12,18-19,22-28H2,1-11H3,(H,63,72)/b14-13-,34-20+/t30-,31+,32-,35+,36+,38+,39+,40+,41+,45-,47+,48+,49-,52-,53-,55-,57+,58+,60+/m1/s1. The Morgan fingerprint density at radius 3 is 2.29 bits per heavy atom. The maximum atomic E-state index is 14.3. The molecule has 0 saturated carbocycles. The molecule has 89 heavy (non-hydrogen) atoms. The fourth-order valence-corrected chi connectivity index (χ4v) is 16.1. The lowest BCUT2D eigenvalue weighted by atomic mass is 9.75. The molecule has 0 unspecified atom stereocenters. The van der Waals surface area contributed by atoms with Crippen LogP contribution in [0.1, 0.15) is 70.9 Å². The highest BCUT2D eigenvalue weighted by Gasteiger charge is 2.52. The number of thiol groups is 1. The third-order valence-corrected chi connectivity index (χ3v) is 22.2. The van der Waals surface area contributed by atoms with Gasteiger partial charge in [0.2, 0.25) is 12.0 Å². The van der Waals surface area contributed by atoms with E-state index in [9.17, 15) is 40.2 Å². The Bertz CT molecular complexity index is 2890. The molecule has 8 rings (SSSR count). The molecule has 1 aromatic carbocycles. The molecule has 2 bridgehead atoms. The van der Waals surface area contributed by atoms with Crippen LogP contribution in [0.4, 0.5) is 4.79 Å². The van der Waals surface area contributed by atoms with Gasteiger partial charge in [-0.05, 0) is 108 Å². The first kappa shape index (κ1) is 71.7. The number of Topliss-reactive ketones (excluding diaryl/α,β-unsaturated/α-hetero) is 1. The van der Waals surface area contributed by atoms with Crippen LogP contribution in [0.25, 0.3) is 0 Å². The molecule has 9 N–H and O–H groups in total. The number of aliphatic hydroxyl groups is 6. The normalized spacial score (nSPS) is 36.4. The Morgan fingerprint density at radius 2 is 1.62 bits per heavy atom. The molecule has 0 aromatic heterocycles. The molecule has 19 atom stereocenters.